The summed E-state index contributed by atoms with van der Waals surface area (Å²) in [6.07, 6.45) is 0. The van der Waals surface area contributed by atoms with E-state index in [-0.39, 0.29) is 11.6 Å². The van der Waals surface area contributed by atoms with Gasteiger partial charge >= 0.3 is 5.97 Å². The Hall–Kier alpha value is -2.01. The molecule has 0 unspecified atom stereocenters. The molecule has 0 aliphatic heterocycles. The number of carbonyl (C=O) groups is 1. The SMILES string of the molecule is COCCn1c(C(=O)O)cc2cc(OC)cc(C(C)C)c21. The Morgan fingerprint density at radius 3 is 2.52 bits per heavy atom. The molecular formula is C16H21NO4. The summed E-state index contributed by atoms with van der Waals surface area (Å²) < 4.78 is 12.2. The maximum atomic E-state index is 11.5. The van der Waals surface area contributed by atoms with Gasteiger partial charge in [-0.3, -0.25) is 0 Å². The summed E-state index contributed by atoms with van der Waals surface area (Å²) in [6, 6.07) is 5.54. The van der Waals surface area contributed by atoms with Crippen LogP contribution in [-0.2, 0) is 11.3 Å². The summed E-state index contributed by atoms with van der Waals surface area (Å²) in [5.74, 6) is 0.0726. The predicted molar refractivity (Wildman–Crippen MR) is 81.4 cm³/mol. The van der Waals surface area contributed by atoms with E-state index in [0.29, 0.717) is 13.2 Å². The molecule has 0 fully saturated rings. The van der Waals surface area contributed by atoms with Gasteiger partial charge < -0.3 is 19.1 Å². The monoisotopic (exact) mass is 291 g/mol. The van der Waals surface area contributed by atoms with E-state index in [1.807, 2.05) is 16.7 Å². The van der Waals surface area contributed by atoms with Gasteiger partial charge in [0.2, 0.25) is 0 Å². The molecule has 1 N–H and O–H groups in total. The molecule has 2 aromatic rings. The molecule has 1 heterocycles. The highest BCUT2D eigenvalue weighted by Gasteiger charge is 2.19. The fourth-order valence-electron chi connectivity index (χ4n) is 2.57. The summed E-state index contributed by atoms with van der Waals surface area (Å²) >= 11 is 0. The van der Waals surface area contributed by atoms with Crippen LogP contribution in [0.1, 0.15) is 35.8 Å². The molecule has 2 rings (SSSR count). The third-order valence-electron chi connectivity index (χ3n) is 3.59. The number of ether oxygens (including phenoxy) is 2. The number of fused-ring (bicyclic) bond motifs is 1. The Morgan fingerprint density at radius 2 is 2.00 bits per heavy atom. The van der Waals surface area contributed by atoms with Gasteiger partial charge in [-0.05, 0) is 29.7 Å². The van der Waals surface area contributed by atoms with Crippen molar-refractivity contribution in [1.29, 1.82) is 0 Å². The van der Waals surface area contributed by atoms with Crippen LogP contribution in [0.4, 0.5) is 0 Å². The topological polar surface area (TPSA) is 60.7 Å². The third-order valence-corrected chi connectivity index (χ3v) is 3.59. The van der Waals surface area contributed by atoms with Crippen LogP contribution in [0.2, 0.25) is 0 Å². The van der Waals surface area contributed by atoms with Gasteiger partial charge in [-0.15, -0.1) is 0 Å². The molecule has 0 atom stereocenters. The van der Waals surface area contributed by atoms with Crippen molar-refractivity contribution in [2.45, 2.75) is 26.3 Å². The van der Waals surface area contributed by atoms with Gasteiger partial charge in [-0.1, -0.05) is 13.8 Å². The predicted octanol–water partition coefficient (Wildman–Crippen LogP) is 3.12. The van der Waals surface area contributed by atoms with Gasteiger partial charge in [-0.25, -0.2) is 4.79 Å². The molecule has 0 saturated heterocycles. The van der Waals surface area contributed by atoms with E-state index in [9.17, 15) is 9.90 Å². The van der Waals surface area contributed by atoms with Crippen LogP contribution >= 0.6 is 0 Å². The van der Waals surface area contributed by atoms with Crippen molar-refractivity contribution in [2.75, 3.05) is 20.8 Å². The average molecular weight is 291 g/mol. The van der Waals surface area contributed by atoms with Crippen LogP contribution in [0.25, 0.3) is 10.9 Å². The van der Waals surface area contributed by atoms with E-state index < -0.39 is 5.97 Å². The first kappa shape index (κ1) is 15.4. The number of rotatable bonds is 6. The van der Waals surface area contributed by atoms with Crippen molar-refractivity contribution in [1.82, 2.24) is 4.57 Å². The first-order chi connectivity index (χ1) is 9.99. The molecular weight excluding hydrogens is 270 g/mol. The number of hydrogen-bond donors (Lipinski definition) is 1. The minimum atomic E-state index is -0.934. The molecule has 5 nitrogen and oxygen atoms in total. The second-order valence-corrected chi connectivity index (χ2v) is 5.29. The minimum Gasteiger partial charge on any atom is -0.497 e. The number of carboxylic acid groups (broad SMARTS) is 1. The van der Waals surface area contributed by atoms with E-state index in [1.54, 1.807) is 20.3 Å². The van der Waals surface area contributed by atoms with Gasteiger partial charge in [-0.2, -0.15) is 0 Å². The van der Waals surface area contributed by atoms with Crippen molar-refractivity contribution in [3.63, 3.8) is 0 Å². The third kappa shape index (κ3) is 2.88. The van der Waals surface area contributed by atoms with Crippen molar-refractivity contribution in [3.8, 4) is 5.75 Å². The van der Waals surface area contributed by atoms with Crippen LogP contribution in [0, 0.1) is 0 Å². The first-order valence-corrected chi connectivity index (χ1v) is 6.93. The quantitative estimate of drug-likeness (QED) is 0.888. The Morgan fingerprint density at radius 1 is 1.29 bits per heavy atom. The van der Waals surface area contributed by atoms with Gasteiger partial charge in [0.05, 0.1) is 19.2 Å². The van der Waals surface area contributed by atoms with Gasteiger partial charge in [0, 0.05) is 19.0 Å². The Bertz CT molecular complexity index is 658. The highest BCUT2D eigenvalue weighted by atomic mass is 16.5. The number of aromatic nitrogens is 1. The lowest BCUT2D eigenvalue weighted by Crippen LogP contribution is -2.12. The molecule has 114 valence electrons. The molecule has 5 heteroatoms. The Labute approximate surface area is 124 Å². The van der Waals surface area contributed by atoms with Crippen LogP contribution in [-0.4, -0.2) is 36.5 Å². The number of benzene rings is 1. The van der Waals surface area contributed by atoms with Crippen LogP contribution in [0.15, 0.2) is 18.2 Å². The lowest BCUT2D eigenvalue weighted by Gasteiger charge is -2.15. The molecule has 21 heavy (non-hydrogen) atoms. The largest absolute Gasteiger partial charge is 0.497 e. The molecule has 1 aromatic heterocycles. The number of hydrogen-bond acceptors (Lipinski definition) is 3. The zero-order valence-corrected chi connectivity index (χ0v) is 12.8. The minimum absolute atomic E-state index is 0.264. The summed E-state index contributed by atoms with van der Waals surface area (Å²) in [5.41, 5.74) is 2.30. The van der Waals surface area contributed by atoms with Crippen molar-refractivity contribution in [2.24, 2.45) is 0 Å². The zero-order valence-electron chi connectivity index (χ0n) is 12.8. The van der Waals surface area contributed by atoms with E-state index in [2.05, 4.69) is 13.8 Å². The lowest BCUT2D eigenvalue weighted by atomic mass is 10.00. The summed E-state index contributed by atoms with van der Waals surface area (Å²) in [7, 11) is 3.23. The van der Waals surface area contributed by atoms with E-state index in [1.165, 1.54) is 0 Å². The lowest BCUT2D eigenvalue weighted by molar-refractivity contribution is 0.0683. The molecule has 0 radical (unpaired) electrons. The summed E-state index contributed by atoms with van der Waals surface area (Å²) in [4.78, 5) is 11.5. The van der Waals surface area contributed by atoms with Crippen molar-refractivity contribution >= 4 is 16.9 Å². The number of carboxylic acids is 1. The van der Waals surface area contributed by atoms with Crippen LogP contribution in [0.3, 0.4) is 0 Å². The Kier molecular flexibility index (Phi) is 4.53. The smallest absolute Gasteiger partial charge is 0.352 e. The molecule has 0 spiro atoms. The van der Waals surface area contributed by atoms with Gasteiger partial charge in [0.15, 0.2) is 0 Å². The number of aromatic carboxylic acids is 1. The zero-order chi connectivity index (χ0) is 15.6. The first-order valence-electron chi connectivity index (χ1n) is 6.93. The molecule has 0 aliphatic carbocycles. The summed E-state index contributed by atoms with van der Waals surface area (Å²) in [6.45, 7) is 5.14. The number of methoxy groups -OCH3 is 2. The highest BCUT2D eigenvalue weighted by molar-refractivity contribution is 5.96. The molecule has 0 bridgehead atoms. The van der Waals surface area contributed by atoms with Gasteiger partial charge in [0.1, 0.15) is 11.4 Å². The molecule has 1 aromatic carbocycles. The van der Waals surface area contributed by atoms with Crippen molar-refractivity contribution in [3.05, 3.63) is 29.5 Å². The van der Waals surface area contributed by atoms with Crippen LogP contribution < -0.4 is 4.74 Å². The maximum Gasteiger partial charge on any atom is 0.352 e. The van der Waals surface area contributed by atoms with Crippen molar-refractivity contribution < 1.29 is 19.4 Å². The fourth-order valence-corrected chi connectivity index (χ4v) is 2.57. The second kappa shape index (κ2) is 6.18. The molecule has 0 saturated carbocycles. The average Bonchev–Trinajstić information content (AvgIpc) is 2.82. The van der Waals surface area contributed by atoms with Crippen LogP contribution in [0.5, 0.6) is 5.75 Å². The van der Waals surface area contributed by atoms with Gasteiger partial charge in [0.25, 0.3) is 0 Å². The Balaban J connectivity index is 2.75. The van der Waals surface area contributed by atoms with E-state index in [0.717, 1.165) is 22.2 Å². The summed E-state index contributed by atoms with van der Waals surface area (Å²) in [5, 5.41) is 10.3. The molecule has 0 amide bonds. The normalized spacial score (nSPS) is 11.3. The fraction of sp³-hybridized carbons (Fsp3) is 0.438. The second-order valence-electron chi connectivity index (χ2n) is 5.29. The maximum absolute atomic E-state index is 11.5. The number of nitrogens with zero attached hydrogens (tertiary/aromatic N) is 1. The standard InChI is InChI=1S/C16H21NO4/c1-10(2)13-9-12(21-4)7-11-8-14(16(18)19)17(15(11)13)5-6-20-3/h7-10H,5-6H2,1-4H3,(H,18,19). The van der Waals surface area contributed by atoms with E-state index in [4.69, 9.17) is 9.47 Å². The molecule has 0 aliphatic rings. The highest BCUT2D eigenvalue weighted by Crippen LogP contribution is 2.33. The van der Waals surface area contributed by atoms with E-state index >= 15 is 0 Å².